The maximum absolute atomic E-state index is 11.9. The number of allylic oxidation sites excluding steroid dienone is 2. The number of aliphatic imine (C=N–C) groups is 1. The van der Waals surface area contributed by atoms with Crippen LogP contribution in [0.15, 0.2) is 16.6 Å². The van der Waals surface area contributed by atoms with Gasteiger partial charge in [0.15, 0.2) is 5.78 Å². The highest BCUT2D eigenvalue weighted by molar-refractivity contribution is 6.04. The van der Waals surface area contributed by atoms with Crippen molar-refractivity contribution in [3.05, 3.63) is 11.6 Å². The van der Waals surface area contributed by atoms with Crippen molar-refractivity contribution < 1.29 is 4.79 Å². The zero-order valence-electron chi connectivity index (χ0n) is 13.2. The Kier molecular flexibility index (Phi) is 8.43. The average Bonchev–Trinajstić information content (AvgIpc) is 2.49. The van der Waals surface area contributed by atoms with Crippen LogP contribution >= 0.6 is 0 Å². The molecule has 0 aromatic carbocycles. The molecular formula is C17H30N2O. The molecule has 1 aliphatic carbocycles. The molecule has 1 fully saturated rings. The van der Waals surface area contributed by atoms with Crippen LogP contribution in [0.5, 0.6) is 0 Å². The second kappa shape index (κ2) is 9.87. The van der Waals surface area contributed by atoms with E-state index in [-0.39, 0.29) is 5.78 Å². The molecule has 20 heavy (non-hydrogen) atoms. The number of carbonyl (C=O) groups is 1. The molecule has 0 bridgehead atoms. The molecule has 0 amide bonds. The van der Waals surface area contributed by atoms with E-state index in [1.54, 1.807) is 0 Å². The molecule has 3 heteroatoms. The molecule has 1 saturated carbocycles. The lowest BCUT2D eigenvalue weighted by Crippen LogP contribution is -2.12. The van der Waals surface area contributed by atoms with Crippen LogP contribution < -0.4 is 5.73 Å². The van der Waals surface area contributed by atoms with Crippen LogP contribution in [0.2, 0.25) is 0 Å². The van der Waals surface area contributed by atoms with Crippen LogP contribution in [0.25, 0.3) is 0 Å². The van der Waals surface area contributed by atoms with E-state index in [2.05, 4.69) is 6.92 Å². The molecule has 0 atom stereocenters. The highest BCUT2D eigenvalue weighted by Gasteiger charge is 2.13. The van der Waals surface area contributed by atoms with Crippen molar-refractivity contribution in [3.8, 4) is 0 Å². The Hall–Kier alpha value is -0.960. The second-order valence-corrected chi connectivity index (χ2v) is 5.67. The summed E-state index contributed by atoms with van der Waals surface area (Å²) in [7, 11) is 0. The SMILES string of the molecule is CCC(/C=C(\CC)C(=O)CCN)=NCC1CCCCC1. The van der Waals surface area contributed by atoms with E-state index in [0.29, 0.717) is 13.0 Å². The number of hydrogen-bond acceptors (Lipinski definition) is 3. The molecule has 0 aliphatic heterocycles. The fourth-order valence-corrected chi connectivity index (χ4v) is 2.75. The summed E-state index contributed by atoms with van der Waals surface area (Å²) in [5, 5.41) is 0. The molecular weight excluding hydrogens is 248 g/mol. The minimum atomic E-state index is 0.175. The molecule has 0 aromatic rings. The monoisotopic (exact) mass is 278 g/mol. The van der Waals surface area contributed by atoms with Gasteiger partial charge in [-0.2, -0.15) is 0 Å². The van der Waals surface area contributed by atoms with Gasteiger partial charge in [0.05, 0.1) is 0 Å². The van der Waals surface area contributed by atoms with Gasteiger partial charge < -0.3 is 5.73 Å². The first-order chi connectivity index (χ1) is 9.71. The Labute approximate surface area is 123 Å². The number of carbonyl (C=O) groups excluding carboxylic acids is 1. The Morgan fingerprint density at radius 3 is 2.45 bits per heavy atom. The van der Waals surface area contributed by atoms with Crippen molar-refractivity contribution in [2.24, 2.45) is 16.6 Å². The summed E-state index contributed by atoms with van der Waals surface area (Å²) in [6.07, 6.45) is 10.8. The molecule has 0 saturated heterocycles. The average molecular weight is 278 g/mol. The van der Waals surface area contributed by atoms with E-state index in [1.165, 1.54) is 32.1 Å². The highest BCUT2D eigenvalue weighted by Crippen LogP contribution is 2.23. The maximum Gasteiger partial charge on any atom is 0.160 e. The van der Waals surface area contributed by atoms with Gasteiger partial charge >= 0.3 is 0 Å². The lowest BCUT2D eigenvalue weighted by molar-refractivity contribution is -0.115. The van der Waals surface area contributed by atoms with Crippen molar-refractivity contribution >= 4 is 11.5 Å². The van der Waals surface area contributed by atoms with E-state index in [1.807, 2.05) is 13.0 Å². The zero-order chi connectivity index (χ0) is 14.8. The van der Waals surface area contributed by atoms with Gasteiger partial charge in [0, 0.05) is 18.7 Å². The molecule has 114 valence electrons. The third-order valence-electron chi connectivity index (χ3n) is 4.09. The fourth-order valence-electron chi connectivity index (χ4n) is 2.75. The number of Topliss-reactive ketones (excluding diaryl/α,β-unsaturated/α-hetero) is 1. The molecule has 0 spiro atoms. The summed E-state index contributed by atoms with van der Waals surface area (Å²) < 4.78 is 0. The lowest BCUT2D eigenvalue weighted by Gasteiger charge is -2.19. The topological polar surface area (TPSA) is 55.5 Å². The number of nitrogens with two attached hydrogens (primary N) is 1. The van der Waals surface area contributed by atoms with Crippen molar-refractivity contribution in [3.63, 3.8) is 0 Å². The Morgan fingerprint density at radius 2 is 1.90 bits per heavy atom. The first kappa shape index (κ1) is 17.1. The van der Waals surface area contributed by atoms with Gasteiger partial charge in [-0.1, -0.05) is 33.1 Å². The number of hydrogen-bond donors (Lipinski definition) is 1. The second-order valence-electron chi connectivity index (χ2n) is 5.67. The summed E-state index contributed by atoms with van der Waals surface area (Å²) in [6.45, 7) is 5.49. The van der Waals surface area contributed by atoms with Gasteiger partial charge in [-0.15, -0.1) is 0 Å². The third-order valence-corrected chi connectivity index (χ3v) is 4.09. The van der Waals surface area contributed by atoms with Crippen molar-refractivity contribution in [1.82, 2.24) is 0 Å². The number of nitrogens with zero attached hydrogens (tertiary/aromatic N) is 1. The molecule has 0 aromatic heterocycles. The fraction of sp³-hybridized carbons (Fsp3) is 0.765. The summed E-state index contributed by atoms with van der Waals surface area (Å²) in [5.74, 6) is 0.928. The van der Waals surface area contributed by atoms with Crippen molar-refractivity contribution in [2.75, 3.05) is 13.1 Å². The Balaban J connectivity index is 2.64. The largest absolute Gasteiger partial charge is 0.330 e. The minimum Gasteiger partial charge on any atom is -0.330 e. The molecule has 2 N–H and O–H groups in total. The van der Waals surface area contributed by atoms with Crippen molar-refractivity contribution in [2.45, 2.75) is 65.2 Å². The third kappa shape index (κ3) is 6.00. The van der Waals surface area contributed by atoms with Crippen LogP contribution in [-0.2, 0) is 4.79 Å². The lowest BCUT2D eigenvalue weighted by atomic mass is 9.89. The Bertz CT molecular complexity index is 352. The smallest absolute Gasteiger partial charge is 0.160 e. The summed E-state index contributed by atoms with van der Waals surface area (Å²) in [6, 6.07) is 0. The van der Waals surface area contributed by atoms with Crippen molar-refractivity contribution in [1.29, 1.82) is 0 Å². The summed E-state index contributed by atoms with van der Waals surface area (Å²) in [4.78, 5) is 16.7. The van der Waals surface area contributed by atoms with E-state index >= 15 is 0 Å². The van der Waals surface area contributed by atoms with Gasteiger partial charge in [-0.05, 0) is 49.8 Å². The Morgan fingerprint density at radius 1 is 1.20 bits per heavy atom. The molecule has 0 heterocycles. The minimum absolute atomic E-state index is 0.175. The molecule has 0 unspecified atom stereocenters. The number of ketones is 1. The highest BCUT2D eigenvalue weighted by atomic mass is 16.1. The summed E-state index contributed by atoms with van der Waals surface area (Å²) >= 11 is 0. The van der Waals surface area contributed by atoms with Gasteiger partial charge in [0.1, 0.15) is 0 Å². The predicted molar refractivity (Wildman–Crippen MR) is 86.2 cm³/mol. The van der Waals surface area contributed by atoms with E-state index in [4.69, 9.17) is 10.7 Å². The first-order valence-corrected chi connectivity index (χ1v) is 8.18. The number of rotatable bonds is 8. The van der Waals surface area contributed by atoms with Crippen LogP contribution in [-0.4, -0.2) is 24.6 Å². The van der Waals surface area contributed by atoms with E-state index in [9.17, 15) is 4.79 Å². The molecule has 1 rings (SSSR count). The molecule has 3 nitrogen and oxygen atoms in total. The molecule has 1 aliphatic rings. The van der Waals surface area contributed by atoms with Crippen LogP contribution in [0.1, 0.15) is 65.2 Å². The van der Waals surface area contributed by atoms with Gasteiger partial charge in [0.2, 0.25) is 0 Å². The zero-order valence-corrected chi connectivity index (χ0v) is 13.2. The van der Waals surface area contributed by atoms with Crippen LogP contribution in [0.4, 0.5) is 0 Å². The van der Waals surface area contributed by atoms with Crippen LogP contribution in [0.3, 0.4) is 0 Å². The van der Waals surface area contributed by atoms with Gasteiger partial charge in [-0.3, -0.25) is 9.79 Å². The first-order valence-electron chi connectivity index (χ1n) is 8.18. The quantitative estimate of drug-likeness (QED) is 0.544. The van der Waals surface area contributed by atoms with Gasteiger partial charge in [0.25, 0.3) is 0 Å². The summed E-state index contributed by atoms with van der Waals surface area (Å²) in [5.41, 5.74) is 7.41. The normalized spacial score (nSPS) is 18.4. The van der Waals surface area contributed by atoms with E-state index in [0.717, 1.165) is 36.6 Å². The maximum atomic E-state index is 11.9. The van der Waals surface area contributed by atoms with Crippen LogP contribution in [0, 0.1) is 5.92 Å². The van der Waals surface area contributed by atoms with Gasteiger partial charge in [-0.25, -0.2) is 0 Å². The van der Waals surface area contributed by atoms with E-state index < -0.39 is 0 Å². The predicted octanol–water partition coefficient (Wildman–Crippen LogP) is 3.67. The molecule has 0 radical (unpaired) electrons. The standard InChI is InChI=1S/C17H30N2O/c1-3-15(17(20)10-11-18)12-16(4-2)19-13-14-8-6-5-7-9-14/h12,14H,3-11,13,18H2,1-2H3/b15-12+,19-16?.